The average Bonchev–Trinajstić information content (AvgIpc) is 2.95. The summed E-state index contributed by atoms with van der Waals surface area (Å²) >= 11 is 7.72. The molecule has 6 rings (SSSR count). The largest absolute Gasteiger partial charge is 0.493 e. The molecule has 1 amide bonds. The third-order valence-electron chi connectivity index (χ3n) is 7.14. The summed E-state index contributed by atoms with van der Waals surface area (Å²) in [4.78, 5) is 15.9. The zero-order chi connectivity index (χ0) is 27.0. The predicted octanol–water partition coefficient (Wildman–Crippen LogP) is 6.26. The van der Waals surface area contributed by atoms with E-state index in [1.807, 2.05) is 59.5 Å². The number of ether oxygens (including phenoxy) is 1. The maximum absolute atomic E-state index is 13.7. The van der Waals surface area contributed by atoms with Gasteiger partial charge in [-0.15, -0.1) is 11.8 Å². The van der Waals surface area contributed by atoms with Gasteiger partial charge < -0.3 is 9.64 Å². The second kappa shape index (κ2) is 10.8. The number of sulfonamides is 1. The Morgan fingerprint density at radius 3 is 2.64 bits per heavy atom. The lowest BCUT2D eigenvalue weighted by Crippen LogP contribution is -2.38. The molecule has 2 heterocycles. The highest BCUT2D eigenvalue weighted by Gasteiger charge is 2.30. The Morgan fingerprint density at radius 2 is 1.77 bits per heavy atom. The molecule has 4 aromatic carbocycles. The van der Waals surface area contributed by atoms with Gasteiger partial charge in [0.1, 0.15) is 5.75 Å². The van der Waals surface area contributed by atoms with Crippen molar-refractivity contribution in [2.75, 3.05) is 36.3 Å². The van der Waals surface area contributed by atoms with Crippen LogP contribution in [0.3, 0.4) is 0 Å². The SMILES string of the molecule is O=C1c2ccc(Cl)cc2CCN1CCCOc1ccc2c(c1)N(S(=O)(=O)c1ccc3ccccc3c1)CCS2. The average molecular weight is 579 g/mol. The van der Waals surface area contributed by atoms with Crippen molar-refractivity contribution in [2.24, 2.45) is 0 Å². The van der Waals surface area contributed by atoms with E-state index in [1.165, 1.54) is 4.31 Å². The van der Waals surface area contributed by atoms with Crippen LogP contribution in [0.5, 0.6) is 5.75 Å². The molecule has 0 saturated carbocycles. The molecule has 0 aliphatic carbocycles. The Morgan fingerprint density at radius 1 is 0.923 bits per heavy atom. The molecule has 6 nitrogen and oxygen atoms in total. The summed E-state index contributed by atoms with van der Waals surface area (Å²) < 4.78 is 34.9. The number of hydrogen-bond acceptors (Lipinski definition) is 5. The maximum atomic E-state index is 13.7. The van der Waals surface area contributed by atoms with Crippen LogP contribution in [-0.2, 0) is 16.4 Å². The van der Waals surface area contributed by atoms with Crippen molar-refractivity contribution in [2.45, 2.75) is 22.6 Å². The number of thioether (sulfide) groups is 1. The van der Waals surface area contributed by atoms with Gasteiger partial charge in [0.2, 0.25) is 0 Å². The molecule has 4 aromatic rings. The van der Waals surface area contributed by atoms with Gasteiger partial charge in [0.25, 0.3) is 15.9 Å². The van der Waals surface area contributed by atoms with Crippen LogP contribution >= 0.6 is 23.4 Å². The summed E-state index contributed by atoms with van der Waals surface area (Å²) in [5.74, 6) is 1.31. The molecule has 2 aliphatic heterocycles. The number of carbonyl (C=O) groups excluding carboxylic acids is 1. The first-order valence-electron chi connectivity index (χ1n) is 12.9. The molecule has 0 aromatic heterocycles. The quantitative estimate of drug-likeness (QED) is 0.242. The summed E-state index contributed by atoms with van der Waals surface area (Å²) in [6, 6.07) is 24.0. The molecule has 0 fully saturated rings. The first kappa shape index (κ1) is 26.0. The van der Waals surface area contributed by atoms with E-state index in [9.17, 15) is 13.2 Å². The van der Waals surface area contributed by atoms with Gasteiger partial charge in [-0.25, -0.2) is 8.42 Å². The molecule has 0 bridgehead atoms. The van der Waals surface area contributed by atoms with E-state index in [4.69, 9.17) is 16.3 Å². The van der Waals surface area contributed by atoms with E-state index in [0.29, 0.717) is 60.4 Å². The summed E-state index contributed by atoms with van der Waals surface area (Å²) in [5.41, 5.74) is 2.35. The molecule has 0 unspecified atom stereocenters. The second-order valence-electron chi connectivity index (χ2n) is 9.61. The van der Waals surface area contributed by atoms with Crippen LogP contribution < -0.4 is 9.04 Å². The van der Waals surface area contributed by atoms with Crippen molar-refractivity contribution in [3.8, 4) is 5.75 Å². The minimum Gasteiger partial charge on any atom is -0.493 e. The predicted molar refractivity (Wildman–Crippen MR) is 157 cm³/mol. The van der Waals surface area contributed by atoms with Crippen molar-refractivity contribution in [1.82, 2.24) is 4.90 Å². The Kier molecular flexibility index (Phi) is 7.18. The van der Waals surface area contributed by atoms with Crippen LogP contribution in [0, 0.1) is 0 Å². The van der Waals surface area contributed by atoms with Crippen molar-refractivity contribution < 1.29 is 17.9 Å². The number of carbonyl (C=O) groups is 1. The Hall–Kier alpha value is -3.20. The van der Waals surface area contributed by atoms with Crippen molar-refractivity contribution in [1.29, 1.82) is 0 Å². The number of hydrogen-bond donors (Lipinski definition) is 0. The Labute approximate surface area is 237 Å². The lowest BCUT2D eigenvalue weighted by atomic mass is 9.99. The molecule has 0 radical (unpaired) electrons. The minimum absolute atomic E-state index is 0.0215. The molecule has 0 atom stereocenters. The topological polar surface area (TPSA) is 66.9 Å². The molecule has 200 valence electrons. The fourth-order valence-electron chi connectivity index (χ4n) is 5.13. The first-order chi connectivity index (χ1) is 18.9. The molecule has 0 N–H and O–H groups in total. The standard InChI is InChI=1S/C30H27ClN2O4S2/c31-24-7-10-27-23(18-24)12-14-32(30(27)34)13-3-16-37-25-8-11-29-28(20-25)33(15-17-38-29)39(35,36)26-9-6-21-4-1-2-5-22(21)19-26/h1-2,4-11,18-20H,3,12-17H2. The summed E-state index contributed by atoms with van der Waals surface area (Å²) in [6.07, 6.45) is 1.45. The molecule has 0 spiro atoms. The number of anilines is 1. The number of fused-ring (bicyclic) bond motifs is 3. The Bertz CT molecular complexity index is 1680. The van der Waals surface area contributed by atoms with E-state index in [0.717, 1.165) is 27.7 Å². The van der Waals surface area contributed by atoms with E-state index >= 15 is 0 Å². The van der Waals surface area contributed by atoms with Gasteiger partial charge in [-0.2, -0.15) is 0 Å². The zero-order valence-corrected chi connectivity index (χ0v) is 23.6. The van der Waals surface area contributed by atoms with Crippen LogP contribution in [0.1, 0.15) is 22.3 Å². The minimum atomic E-state index is -3.74. The van der Waals surface area contributed by atoms with Crippen LogP contribution in [-0.4, -0.2) is 51.2 Å². The lowest BCUT2D eigenvalue weighted by Gasteiger charge is -2.30. The molecule has 39 heavy (non-hydrogen) atoms. The number of amides is 1. The normalized spacial score (nSPS) is 15.3. The number of benzene rings is 4. The summed E-state index contributed by atoms with van der Waals surface area (Å²) in [6.45, 7) is 2.05. The van der Waals surface area contributed by atoms with E-state index in [2.05, 4.69) is 0 Å². The molecule has 9 heteroatoms. The van der Waals surface area contributed by atoms with Crippen molar-refractivity contribution in [3.05, 3.63) is 95.0 Å². The van der Waals surface area contributed by atoms with Crippen LogP contribution in [0.2, 0.25) is 5.02 Å². The zero-order valence-electron chi connectivity index (χ0n) is 21.2. The summed E-state index contributed by atoms with van der Waals surface area (Å²) in [7, 11) is -3.74. The smallest absolute Gasteiger partial charge is 0.264 e. The number of nitrogens with zero attached hydrogens (tertiary/aromatic N) is 2. The highest BCUT2D eigenvalue weighted by Crippen LogP contribution is 2.40. The first-order valence-corrected chi connectivity index (χ1v) is 15.7. The monoisotopic (exact) mass is 578 g/mol. The Balaban J connectivity index is 1.13. The van der Waals surface area contributed by atoms with Crippen LogP contribution in [0.25, 0.3) is 10.8 Å². The van der Waals surface area contributed by atoms with E-state index in [-0.39, 0.29) is 10.8 Å². The fraction of sp³-hybridized carbons (Fsp3) is 0.233. The summed E-state index contributed by atoms with van der Waals surface area (Å²) in [5, 5.41) is 2.54. The lowest BCUT2D eigenvalue weighted by molar-refractivity contribution is 0.0731. The third kappa shape index (κ3) is 5.21. The van der Waals surface area contributed by atoms with Gasteiger partial charge in [0, 0.05) is 46.9 Å². The maximum Gasteiger partial charge on any atom is 0.264 e. The highest BCUT2D eigenvalue weighted by molar-refractivity contribution is 8.00. The molecule has 0 saturated heterocycles. The second-order valence-corrected chi connectivity index (χ2v) is 13.0. The van der Waals surface area contributed by atoms with Gasteiger partial charge in [0.15, 0.2) is 0 Å². The molecular weight excluding hydrogens is 552 g/mol. The van der Waals surface area contributed by atoms with Crippen LogP contribution in [0.4, 0.5) is 5.69 Å². The van der Waals surface area contributed by atoms with Gasteiger partial charge in [0.05, 0.1) is 17.2 Å². The number of halogens is 1. The van der Waals surface area contributed by atoms with Gasteiger partial charge in [-0.1, -0.05) is 41.9 Å². The van der Waals surface area contributed by atoms with Crippen molar-refractivity contribution in [3.63, 3.8) is 0 Å². The molecular formula is C30H27ClN2O4S2. The van der Waals surface area contributed by atoms with Gasteiger partial charge in [-0.3, -0.25) is 9.10 Å². The van der Waals surface area contributed by atoms with E-state index in [1.54, 1.807) is 36.0 Å². The molecule has 2 aliphatic rings. The van der Waals surface area contributed by atoms with Crippen LogP contribution in [0.15, 0.2) is 88.7 Å². The highest BCUT2D eigenvalue weighted by atomic mass is 35.5. The van der Waals surface area contributed by atoms with E-state index < -0.39 is 10.0 Å². The third-order valence-corrected chi connectivity index (χ3v) is 10.2. The fourth-order valence-corrected chi connectivity index (χ4v) is 7.99. The number of rotatable bonds is 7. The van der Waals surface area contributed by atoms with Gasteiger partial charge >= 0.3 is 0 Å². The van der Waals surface area contributed by atoms with Gasteiger partial charge in [-0.05, 0) is 71.6 Å². The van der Waals surface area contributed by atoms with Crippen molar-refractivity contribution >= 4 is 55.8 Å².